The van der Waals surface area contributed by atoms with Gasteiger partial charge in [0.05, 0.1) is 0 Å². The van der Waals surface area contributed by atoms with Crippen LogP contribution in [0.5, 0.6) is 0 Å². The smallest absolute Gasteiger partial charge is 0.220 e. The number of carbonyl (C=O) groups excluding carboxylic acids is 1. The van der Waals surface area contributed by atoms with Crippen molar-refractivity contribution in [3.8, 4) is 0 Å². The van der Waals surface area contributed by atoms with E-state index < -0.39 is 11.2 Å². The summed E-state index contributed by atoms with van der Waals surface area (Å²) >= 11 is -0.725. The molecular weight excluding hydrogens is 198 g/mol. The summed E-state index contributed by atoms with van der Waals surface area (Å²) in [6.07, 6.45) is 4.34. The van der Waals surface area contributed by atoms with Crippen LogP contribution < -0.4 is 5.32 Å². The highest BCUT2D eigenvalue weighted by molar-refractivity contribution is 7.92. The quantitative estimate of drug-likeness (QED) is 0.719. The van der Waals surface area contributed by atoms with Crippen LogP contribution in [0.1, 0.15) is 39.0 Å². The van der Waals surface area contributed by atoms with E-state index in [-0.39, 0.29) is 11.2 Å². The third-order valence-electron chi connectivity index (χ3n) is 2.55. The number of hydrogen-bond donors (Lipinski definition) is 1. The van der Waals surface area contributed by atoms with Crippen LogP contribution in [-0.4, -0.2) is 28.0 Å². The van der Waals surface area contributed by atoms with E-state index in [9.17, 15) is 9.35 Å². The molecule has 0 bridgehead atoms. The third kappa shape index (κ3) is 3.88. The molecule has 82 valence electrons. The van der Waals surface area contributed by atoms with Crippen LogP contribution in [0.4, 0.5) is 0 Å². The molecule has 1 rings (SSSR count). The van der Waals surface area contributed by atoms with Crippen LogP contribution in [0.25, 0.3) is 0 Å². The van der Waals surface area contributed by atoms with Crippen molar-refractivity contribution in [2.45, 2.75) is 44.3 Å². The molecule has 1 amide bonds. The Morgan fingerprint density at radius 3 is 3.07 bits per heavy atom. The largest absolute Gasteiger partial charge is 0.616 e. The zero-order valence-corrected chi connectivity index (χ0v) is 9.57. The summed E-state index contributed by atoms with van der Waals surface area (Å²) < 4.78 is 11.8. The van der Waals surface area contributed by atoms with Crippen molar-refractivity contribution < 1.29 is 9.35 Å². The predicted molar refractivity (Wildman–Crippen MR) is 58.6 cm³/mol. The second kappa shape index (κ2) is 6.30. The summed E-state index contributed by atoms with van der Waals surface area (Å²) in [4.78, 5) is 11.1. The van der Waals surface area contributed by atoms with Gasteiger partial charge in [-0.25, -0.2) is 0 Å². The van der Waals surface area contributed by atoms with E-state index in [0.717, 1.165) is 31.4 Å². The molecule has 0 radical (unpaired) electrons. The minimum Gasteiger partial charge on any atom is -0.616 e. The first kappa shape index (κ1) is 11.9. The Morgan fingerprint density at radius 1 is 1.57 bits per heavy atom. The molecule has 0 aromatic rings. The molecule has 0 aromatic carbocycles. The Morgan fingerprint density at radius 2 is 2.36 bits per heavy atom. The maximum absolute atomic E-state index is 11.8. The van der Waals surface area contributed by atoms with E-state index in [1.165, 1.54) is 0 Å². The first-order valence-electron chi connectivity index (χ1n) is 5.38. The van der Waals surface area contributed by atoms with Crippen LogP contribution >= 0.6 is 0 Å². The molecule has 4 heteroatoms. The van der Waals surface area contributed by atoms with E-state index in [1.807, 2.05) is 0 Å². The normalized spacial score (nSPS) is 25.3. The molecule has 1 heterocycles. The average molecular weight is 217 g/mol. The van der Waals surface area contributed by atoms with E-state index in [1.54, 1.807) is 0 Å². The molecule has 1 aliphatic heterocycles. The second-order valence-electron chi connectivity index (χ2n) is 3.74. The highest BCUT2D eigenvalue weighted by Crippen LogP contribution is 2.17. The fraction of sp³-hybridized carbons (Fsp3) is 0.900. The SMILES string of the molecule is CCCC[S+]([O-])C1CCNC(=O)CC1. The Balaban J connectivity index is 2.31. The van der Waals surface area contributed by atoms with Crippen molar-refractivity contribution in [3.05, 3.63) is 0 Å². The predicted octanol–water partition coefficient (Wildman–Crippen LogP) is 1.20. The summed E-state index contributed by atoms with van der Waals surface area (Å²) in [7, 11) is 0. The van der Waals surface area contributed by atoms with Crippen molar-refractivity contribution in [2.75, 3.05) is 12.3 Å². The lowest BCUT2D eigenvalue weighted by molar-refractivity contribution is -0.120. The maximum Gasteiger partial charge on any atom is 0.220 e. The number of unbranched alkanes of at least 4 members (excludes halogenated alkanes) is 1. The van der Waals surface area contributed by atoms with Gasteiger partial charge in [-0.3, -0.25) is 4.79 Å². The zero-order chi connectivity index (χ0) is 10.4. The molecule has 0 saturated carbocycles. The van der Waals surface area contributed by atoms with Gasteiger partial charge in [0, 0.05) is 25.8 Å². The number of hydrogen-bond acceptors (Lipinski definition) is 2. The lowest BCUT2D eigenvalue weighted by atomic mass is 10.2. The van der Waals surface area contributed by atoms with E-state index in [2.05, 4.69) is 12.2 Å². The summed E-state index contributed by atoms with van der Waals surface area (Å²) in [5, 5.41) is 3.05. The van der Waals surface area contributed by atoms with Crippen molar-refractivity contribution in [1.29, 1.82) is 0 Å². The van der Waals surface area contributed by atoms with Crippen LogP contribution in [0.15, 0.2) is 0 Å². The number of carbonyl (C=O) groups is 1. The maximum atomic E-state index is 11.8. The molecule has 1 saturated heterocycles. The summed E-state index contributed by atoms with van der Waals surface area (Å²) in [6.45, 7) is 2.80. The van der Waals surface area contributed by atoms with Crippen LogP contribution in [-0.2, 0) is 16.0 Å². The van der Waals surface area contributed by atoms with Gasteiger partial charge in [0.25, 0.3) is 0 Å². The van der Waals surface area contributed by atoms with Gasteiger partial charge in [-0.2, -0.15) is 0 Å². The standard InChI is InChI=1S/C10H19NO2S/c1-2-3-8-14(13)9-4-5-10(12)11-7-6-9/h9H,2-8H2,1H3,(H,11,12). The molecule has 1 N–H and O–H groups in total. The molecule has 3 nitrogen and oxygen atoms in total. The Hall–Kier alpha value is -0.220. The van der Waals surface area contributed by atoms with Crippen molar-refractivity contribution >= 4 is 17.1 Å². The van der Waals surface area contributed by atoms with Gasteiger partial charge in [0.2, 0.25) is 5.91 Å². The molecule has 0 aliphatic carbocycles. The molecule has 1 fully saturated rings. The minimum absolute atomic E-state index is 0.111. The number of amides is 1. The van der Waals surface area contributed by atoms with E-state index >= 15 is 0 Å². The zero-order valence-electron chi connectivity index (χ0n) is 8.75. The van der Waals surface area contributed by atoms with Gasteiger partial charge in [0.15, 0.2) is 0 Å². The van der Waals surface area contributed by atoms with Gasteiger partial charge < -0.3 is 9.87 Å². The average Bonchev–Trinajstić information content (AvgIpc) is 2.39. The van der Waals surface area contributed by atoms with E-state index in [0.29, 0.717) is 13.0 Å². The lowest BCUT2D eigenvalue weighted by Gasteiger charge is -2.19. The first-order valence-corrected chi connectivity index (χ1v) is 6.76. The van der Waals surface area contributed by atoms with Gasteiger partial charge in [0.1, 0.15) is 11.0 Å². The summed E-state index contributed by atoms with van der Waals surface area (Å²) in [5.74, 6) is 0.912. The number of rotatable bonds is 4. The fourth-order valence-corrected chi connectivity index (χ4v) is 3.28. The summed E-state index contributed by atoms with van der Waals surface area (Å²) in [6, 6.07) is 0. The molecular formula is C10H19NO2S. The first-order chi connectivity index (χ1) is 6.74. The monoisotopic (exact) mass is 217 g/mol. The Labute approximate surface area is 88.8 Å². The highest BCUT2D eigenvalue weighted by Gasteiger charge is 2.25. The number of nitrogens with one attached hydrogen (secondary N) is 1. The Kier molecular flexibility index (Phi) is 5.33. The molecule has 0 aromatic heterocycles. The molecule has 2 atom stereocenters. The van der Waals surface area contributed by atoms with Crippen molar-refractivity contribution in [1.82, 2.24) is 5.32 Å². The second-order valence-corrected chi connectivity index (χ2v) is 5.57. The fourth-order valence-electron chi connectivity index (χ4n) is 1.61. The lowest BCUT2D eigenvalue weighted by Crippen LogP contribution is -2.25. The molecule has 1 aliphatic rings. The van der Waals surface area contributed by atoms with Gasteiger partial charge >= 0.3 is 0 Å². The van der Waals surface area contributed by atoms with Crippen LogP contribution in [0.2, 0.25) is 0 Å². The van der Waals surface area contributed by atoms with Gasteiger partial charge in [-0.1, -0.05) is 24.5 Å². The Bertz CT molecular complexity index is 187. The van der Waals surface area contributed by atoms with Crippen molar-refractivity contribution in [2.24, 2.45) is 0 Å². The minimum atomic E-state index is -0.725. The third-order valence-corrected chi connectivity index (χ3v) is 4.46. The van der Waals surface area contributed by atoms with Crippen LogP contribution in [0, 0.1) is 0 Å². The topological polar surface area (TPSA) is 52.2 Å². The highest BCUT2D eigenvalue weighted by atomic mass is 32.2. The molecule has 14 heavy (non-hydrogen) atoms. The van der Waals surface area contributed by atoms with Crippen molar-refractivity contribution in [3.63, 3.8) is 0 Å². The summed E-state index contributed by atoms with van der Waals surface area (Å²) in [5.41, 5.74) is 0. The molecule has 2 unspecified atom stereocenters. The van der Waals surface area contributed by atoms with Crippen LogP contribution in [0.3, 0.4) is 0 Å². The van der Waals surface area contributed by atoms with E-state index in [4.69, 9.17) is 0 Å². The van der Waals surface area contributed by atoms with Gasteiger partial charge in [-0.15, -0.1) is 0 Å². The van der Waals surface area contributed by atoms with Gasteiger partial charge in [-0.05, 0) is 6.42 Å². The molecule has 0 spiro atoms.